The van der Waals surface area contributed by atoms with E-state index in [0.29, 0.717) is 13.0 Å². The van der Waals surface area contributed by atoms with Crippen molar-refractivity contribution in [3.8, 4) is 0 Å². The highest BCUT2D eigenvalue weighted by Crippen LogP contribution is 2.19. The summed E-state index contributed by atoms with van der Waals surface area (Å²) in [7, 11) is 0. The zero-order chi connectivity index (χ0) is 13.5. The Morgan fingerprint density at radius 2 is 2.11 bits per heavy atom. The van der Waals surface area contributed by atoms with Gasteiger partial charge in [-0.05, 0) is 36.8 Å². The van der Waals surface area contributed by atoms with Crippen LogP contribution in [-0.4, -0.2) is 11.0 Å². The molecule has 0 bridgehead atoms. The molecule has 1 amide bonds. The predicted molar refractivity (Wildman–Crippen MR) is 75.4 cm³/mol. The van der Waals surface area contributed by atoms with Crippen LogP contribution < -0.4 is 5.32 Å². The molecule has 0 saturated carbocycles. The van der Waals surface area contributed by atoms with Crippen molar-refractivity contribution in [3.63, 3.8) is 0 Å². The second kappa shape index (κ2) is 7.10. The highest BCUT2D eigenvalue weighted by atomic mass is 16.3. The van der Waals surface area contributed by atoms with Gasteiger partial charge in [0.15, 0.2) is 0 Å². The van der Waals surface area contributed by atoms with Crippen LogP contribution in [0.1, 0.15) is 43.2 Å². The van der Waals surface area contributed by atoms with E-state index in [1.807, 2.05) is 24.3 Å². The van der Waals surface area contributed by atoms with Crippen molar-refractivity contribution in [1.29, 1.82) is 0 Å². The van der Waals surface area contributed by atoms with E-state index in [1.54, 1.807) is 0 Å². The zero-order valence-corrected chi connectivity index (χ0v) is 11.2. The number of hydrogen-bond acceptors (Lipinski definition) is 2. The van der Waals surface area contributed by atoms with Gasteiger partial charge >= 0.3 is 0 Å². The number of allylic oxidation sites excluding steroid dienone is 1. The molecule has 2 N–H and O–H groups in total. The topological polar surface area (TPSA) is 49.3 Å². The minimum absolute atomic E-state index is 0.0364. The van der Waals surface area contributed by atoms with Crippen molar-refractivity contribution in [3.05, 3.63) is 47.0 Å². The molecular weight excluding hydrogens is 238 g/mol. The fraction of sp³-hybridized carbons (Fsp3) is 0.438. The van der Waals surface area contributed by atoms with Gasteiger partial charge in [0.05, 0.1) is 6.61 Å². The normalized spacial score (nSPS) is 14.9. The minimum atomic E-state index is 0.0364. The molecule has 0 spiro atoms. The van der Waals surface area contributed by atoms with Gasteiger partial charge in [-0.2, -0.15) is 0 Å². The van der Waals surface area contributed by atoms with Crippen LogP contribution in [0.25, 0.3) is 0 Å². The third-order valence-electron chi connectivity index (χ3n) is 3.44. The summed E-state index contributed by atoms with van der Waals surface area (Å²) in [5, 5.41) is 12.0. The second-order valence-electron chi connectivity index (χ2n) is 5.04. The molecule has 1 aromatic rings. The SMILES string of the molecule is O=C(CC1=CCCCC1)NCc1cccc(CO)c1. The molecule has 0 heterocycles. The van der Waals surface area contributed by atoms with Crippen molar-refractivity contribution in [2.75, 3.05) is 0 Å². The smallest absolute Gasteiger partial charge is 0.224 e. The molecular formula is C16H21NO2. The van der Waals surface area contributed by atoms with Crippen LogP contribution in [0.5, 0.6) is 0 Å². The van der Waals surface area contributed by atoms with Crippen LogP contribution in [0.2, 0.25) is 0 Å². The largest absolute Gasteiger partial charge is 0.392 e. The average Bonchev–Trinajstić information content (AvgIpc) is 2.46. The first-order valence-electron chi connectivity index (χ1n) is 6.91. The summed E-state index contributed by atoms with van der Waals surface area (Å²) >= 11 is 0. The number of benzene rings is 1. The number of aliphatic hydroxyl groups excluding tert-OH is 1. The van der Waals surface area contributed by atoms with Gasteiger partial charge in [-0.3, -0.25) is 4.79 Å². The van der Waals surface area contributed by atoms with Crippen molar-refractivity contribution in [2.24, 2.45) is 0 Å². The third-order valence-corrected chi connectivity index (χ3v) is 3.44. The molecule has 19 heavy (non-hydrogen) atoms. The van der Waals surface area contributed by atoms with E-state index >= 15 is 0 Å². The van der Waals surface area contributed by atoms with Crippen LogP contribution in [0.15, 0.2) is 35.9 Å². The lowest BCUT2D eigenvalue weighted by Crippen LogP contribution is -2.23. The Kier molecular flexibility index (Phi) is 5.16. The standard InChI is InChI=1S/C16H21NO2/c18-12-15-8-4-7-14(9-15)11-17-16(19)10-13-5-2-1-3-6-13/h4-5,7-9,18H,1-3,6,10-12H2,(H,17,19). The van der Waals surface area contributed by atoms with Gasteiger partial charge in [-0.1, -0.05) is 35.9 Å². The lowest BCUT2D eigenvalue weighted by atomic mass is 9.97. The van der Waals surface area contributed by atoms with Crippen molar-refractivity contribution < 1.29 is 9.90 Å². The van der Waals surface area contributed by atoms with Gasteiger partial charge in [0.25, 0.3) is 0 Å². The van der Waals surface area contributed by atoms with Crippen LogP contribution >= 0.6 is 0 Å². The molecule has 0 aromatic heterocycles. The molecule has 0 radical (unpaired) electrons. The van der Waals surface area contributed by atoms with Crippen molar-refractivity contribution >= 4 is 5.91 Å². The first-order chi connectivity index (χ1) is 9.28. The van der Waals surface area contributed by atoms with E-state index in [0.717, 1.165) is 24.0 Å². The number of amides is 1. The van der Waals surface area contributed by atoms with Crippen molar-refractivity contribution in [2.45, 2.75) is 45.3 Å². The second-order valence-corrected chi connectivity index (χ2v) is 5.04. The summed E-state index contributed by atoms with van der Waals surface area (Å²) in [5.41, 5.74) is 3.17. The Bertz CT molecular complexity index is 466. The fourth-order valence-corrected chi connectivity index (χ4v) is 2.37. The highest BCUT2D eigenvalue weighted by Gasteiger charge is 2.08. The van der Waals surface area contributed by atoms with Gasteiger partial charge < -0.3 is 10.4 Å². The Morgan fingerprint density at radius 1 is 1.26 bits per heavy atom. The first kappa shape index (κ1) is 13.8. The third kappa shape index (κ3) is 4.52. The van der Waals surface area contributed by atoms with Gasteiger partial charge in [0.2, 0.25) is 5.91 Å². The molecule has 0 unspecified atom stereocenters. The number of carbonyl (C=O) groups is 1. The Morgan fingerprint density at radius 3 is 2.84 bits per heavy atom. The predicted octanol–water partition coefficient (Wildman–Crippen LogP) is 2.69. The van der Waals surface area contributed by atoms with E-state index in [2.05, 4.69) is 11.4 Å². The highest BCUT2D eigenvalue weighted by molar-refractivity contribution is 5.78. The summed E-state index contributed by atoms with van der Waals surface area (Å²) in [6, 6.07) is 7.65. The zero-order valence-electron chi connectivity index (χ0n) is 11.2. The lowest BCUT2D eigenvalue weighted by molar-refractivity contribution is -0.120. The summed E-state index contributed by atoms with van der Waals surface area (Å²) in [5.74, 6) is 0.0857. The molecule has 0 fully saturated rings. The Balaban J connectivity index is 1.80. The quantitative estimate of drug-likeness (QED) is 0.799. The minimum Gasteiger partial charge on any atom is -0.392 e. The number of carbonyl (C=O) groups excluding carboxylic acids is 1. The number of nitrogens with one attached hydrogen (secondary N) is 1. The molecule has 0 saturated heterocycles. The van der Waals surface area contributed by atoms with Gasteiger partial charge in [0, 0.05) is 13.0 Å². The van der Waals surface area contributed by atoms with Crippen LogP contribution in [-0.2, 0) is 17.9 Å². The maximum atomic E-state index is 11.8. The number of rotatable bonds is 5. The number of hydrogen-bond donors (Lipinski definition) is 2. The summed E-state index contributed by atoms with van der Waals surface area (Å²) in [6.07, 6.45) is 7.36. The van der Waals surface area contributed by atoms with E-state index in [9.17, 15) is 4.79 Å². The average molecular weight is 259 g/mol. The van der Waals surface area contributed by atoms with Crippen molar-refractivity contribution in [1.82, 2.24) is 5.32 Å². The van der Waals surface area contributed by atoms with E-state index < -0.39 is 0 Å². The van der Waals surface area contributed by atoms with Gasteiger partial charge in [0.1, 0.15) is 0 Å². The van der Waals surface area contributed by atoms with E-state index in [4.69, 9.17) is 5.11 Å². The molecule has 1 aliphatic rings. The Hall–Kier alpha value is -1.61. The van der Waals surface area contributed by atoms with Crippen LogP contribution in [0, 0.1) is 0 Å². The summed E-state index contributed by atoms with van der Waals surface area (Å²) in [6.45, 7) is 0.564. The molecule has 2 rings (SSSR count). The van der Waals surface area contributed by atoms with Crippen LogP contribution in [0.4, 0.5) is 0 Å². The molecule has 1 aromatic carbocycles. The first-order valence-corrected chi connectivity index (χ1v) is 6.91. The fourth-order valence-electron chi connectivity index (χ4n) is 2.37. The van der Waals surface area contributed by atoms with Crippen LogP contribution in [0.3, 0.4) is 0 Å². The lowest BCUT2D eigenvalue weighted by Gasteiger charge is -2.12. The maximum absolute atomic E-state index is 11.8. The summed E-state index contributed by atoms with van der Waals surface area (Å²) < 4.78 is 0. The number of aliphatic hydroxyl groups is 1. The molecule has 0 aliphatic heterocycles. The Labute approximate surface area is 114 Å². The molecule has 3 nitrogen and oxygen atoms in total. The molecule has 102 valence electrons. The van der Waals surface area contributed by atoms with Gasteiger partial charge in [-0.15, -0.1) is 0 Å². The molecule has 1 aliphatic carbocycles. The van der Waals surface area contributed by atoms with E-state index in [-0.39, 0.29) is 12.5 Å². The molecule has 3 heteroatoms. The maximum Gasteiger partial charge on any atom is 0.224 e. The monoisotopic (exact) mass is 259 g/mol. The molecule has 0 atom stereocenters. The van der Waals surface area contributed by atoms with E-state index in [1.165, 1.54) is 18.4 Å². The van der Waals surface area contributed by atoms with Gasteiger partial charge in [-0.25, -0.2) is 0 Å². The summed E-state index contributed by atoms with van der Waals surface area (Å²) in [4.78, 5) is 11.8.